The van der Waals surface area contributed by atoms with Crippen molar-refractivity contribution >= 4 is 5.78 Å². The van der Waals surface area contributed by atoms with Gasteiger partial charge < -0.3 is 15.3 Å². The molecule has 0 unspecified atom stereocenters. The molecule has 1 aromatic rings. The minimum absolute atomic E-state index is 0.00950. The second kappa shape index (κ2) is 5.41. The highest BCUT2D eigenvalue weighted by Crippen LogP contribution is 2.51. The number of hydrogen-bond acceptors (Lipinski definition) is 4. The van der Waals surface area contributed by atoms with Crippen LogP contribution in [0.3, 0.4) is 0 Å². The fourth-order valence-corrected chi connectivity index (χ4v) is 4.76. The molecule has 0 spiro atoms. The molecule has 0 radical (unpaired) electrons. The van der Waals surface area contributed by atoms with Gasteiger partial charge in [-0.1, -0.05) is 25.3 Å². The molecule has 4 rings (SSSR count). The Kier molecular flexibility index (Phi) is 3.48. The number of aliphatic hydroxyl groups is 1. The van der Waals surface area contributed by atoms with Crippen molar-refractivity contribution in [3.63, 3.8) is 0 Å². The number of allylic oxidation sites excluding steroid dienone is 1. The van der Waals surface area contributed by atoms with E-state index < -0.39 is 12.0 Å². The van der Waals surface area contributed by atoms with Gasteiger partial charge in [0.25, 0.3) is 0 Å². The van der Waals surface area contributed by atoms with Gasteiger partial charge in [-0.05, 0) is 31.8 Å². The maximum Gasteiger partial charge on any atom is 0.198 e. The van der Waals surface area contributed by atoms with Gasteiger partial charge in [-0.2, -0.15) is 0 Å². The van der Waals surface area contributed by atoms with E-state index in [0.29, 0.717) is 18.4 Å². The molecule has 1 aromatic heterocycles. The van der Waals surface area contributed by atoms with E-state index >= 15 is 0 Å². The topological polar surface area (TPSA) is 82.7 Å². The molecule has 0 bridgehead atoms. The molecule has 3 aliphatic carbocycles. The van der Waals surface area contributed by atoms with E-state index in [-0.39, 0.29) is 29.5 Å². The van der Waals surface area contributed by atoms with Crippen LogP contribution < -0.4 is 0 Å². The van der Waals surface area contributed by atoms with Crippen molar-refractivity contribution in [3.05, 3.63) is 23.3 Å². The third-order valence-electron chi connectivity index (χ3n) is 5.90. The summed E-state index contributed by atoms with van der Waals surface area (Å²) in [6.45, 7) is 0. The van der Waals surface area contributed by atoms with Crippen LogP contribution in [0.5, 0.6) is 11.8 Å². The molecular formula is C18H23NO4. The molecule has 0 aliphatic heterocycles. The normalized spacial score (nSPS) is 31.0. The molecule has 1 heterocycles. The lowest BCUT2D eigenvalue weighted by Crippen LogP contribution is -2.36. The van der Waals surface area contributed by atoms with E-state index in [0.717, 1.165) is 31.2 Å². The van der Waals surface area contributed by atoms with Crippen molar-refractivity contribution in [1.82, 2.24) is 4.57 Å². The van der Waals surface area contributed by atoms with Gasteiger partial charge >= 0.3 is 0 Å². The number of hydrogen-bond donors (Lipinski definition) is 3. The van der Waals surface area contributed by atoms with Crippen LogP contribution >= 0.6 is 0 Å². The third-order valence-corrected chi connectivity index (χ3v) is 5.90. The first-order valence-corrected chi connectivity index (χ1v) is 8.64. The molecule has 3 atom stereocenters. The molecule has 5 heteroatoms. The van der Waals surface area contributed by atoms with Crippen LogP contribution in [0.25, 0.3) is 0 Å². The highest BCUT2D eigenvalue weighted by atomic mass is 16.3. The fourth-order valence-electron chi connectivity index (χ4n) is 4.76. The summed E-state index contributed by atoms with van der Waals surface area (Å²) in [6.07, 6.45) is 8.64. The first-order chi connectivity index (χ1) is 11.1. The van der Waals surface area contributed by atoms with Crippen molar-refractivity contribution in [2.45, 2.75) is 63.0 Å². The predicted octanol–water partition coefficient (Wildman–Crippen LogP) is 2.55. The largest absolute Gasteiger partial charge is 0.494 e. The van der Waals surface area contributed by atoms with Gasteiger partial charge in [-0.25, -0.2) is 0 Å². The number of aliphatic hydroxyl groups excluding tert-OH is 1. The summed E-state index contributed by atoms with van der Waals surface area (Å²) in [5.41, 5.74) is 1.31. The van der Waals surface area contributed by atoms with Crippen molar-refractivity contribution in [2.75, 3.05) is 0 Å². The zero-order chi connectivity index (χ0) is 16.1. The number of carbonyl (C=O) groups excluding carboxylic acids is 1. The fraction of sp³-hybridized carbons (Fsp3) is 0.611. The van der Waals surface area contributed by atoms with Crippen LogP contribution in [0, 0.1) is 5.92 Å². The standard InChI is InChI=1S/C18H23NO4/c20-13-8-9-14(21)15-11(13)6-7-12-16(15)18(23)19(17(12)22)10-4-2-1-3-5-10/h8-11,14-15,21-23H,1-7H2/t11-,14+,15+/m0/s1. The summed E-state index contributed by atoms with van der Waals surface area (Å²) in [5, 5.41) is 31.8. The van der Waals surface area contributed by atoms with Gasteiger partial charge in [0.05, 0.1) is 6.10 Å². The number of nitrogens with zero attached hydrogens (tertiary/aromatic N) is 1. The van der Waals surface area contributed by atoms with Crippen LogP contribution in [0.4, 0.5) is 0 Å². The first-order valence-electron chi connectivity index (χ1n) is 8.64. The van der Waals surface area contributed by atoms with E-state index in [1.807, 2.05) is 0 Å². The van der Waals surface area contributed by atoms with Gasteiger partial charge in [0.1, 0.15) is 0 Å². The summed E-state index contributed by atoms with van der Waals surface area (Å²) in [6, 6.07) is 0.111. The lowest BCUT2D eigenvalue weighted by molar-refractivity contribution is -0.121. The van der Waals surface area contributed by atoms with Gasteiger partial charge in [0.15, 0.2) is 17.5 Å². The number of rotatable bonds is 1. The number of aromatic hydroxyl groups is 2. The van der Waals surface area contributed by atoms with Crippen molar-refractivity contribution in [3.8, 4) is 11.8 Å². The maximum absolute atomic E-state index is 12.1. The Morgan fingerprint density at radius 3 is 2.52 bits per heavy atom. The minimum atomic E-state index is -0.788. The Morgan fingerprint density at radius 2 is 1.78 bits per heavy atom. The molecule has 1 fully saturated rings. The van der Waals surface area contributed by atoms with Crippen LogP contribution in [0.1, 0.15) is 61.6 Å². The lowest BCUT2D eigenvalue weighted by atomic mass is 9.69. The van der Waals surface area contributed by atoms with E-state index in [1.54, 1.807) is 4.57 Å². The summed E-state index contributed by atoms with van der Waals surface area (Å²) in [4.78, 5) is 12.1. The van der Waals surface area contributed by atoms with E-state index in [9.17, 15) is 20.1 Å². The second-order valence-corrected chi connectivity index (χ2v) is 7.12. The zero-order valence-electron chi connectivity index (χ0n) is 13.1. The quantitative estimate of drug-likeness (QED) is 0.743. The number of aromatic nitrogens is 1. The van der Waals surface area contributed by atoms with Gasteiger partial charge in [-0.3, -0.25) is 9.36 Å². The smallest absolute Gasteiger partial charge is 0.198 e. The number of carbonyl (C=O) groups is 1. The maximum atomic E-state index is 12.1. The van der Waals surface area contributed by atoms with Crippen LogP contribution in [0.2, 0.25) is 0 Å². The van der Waals surface area contributed by atoms with E-state index in [1.165, 1.54) is 18.6 Å². The molecular weight excluding hydrogens is 294 g/mol. The minimum Gasteiger partial charge on any atom is -0.494 e. The zero-order valence-corrected chi connectivity index (χ0v) is 13.1. The summed E-state index contributed by atoms with van der Waals surface area (Å²) >= 11 is 0. The summed E-state index contributed by atoms with van der Waals surface area (Å²) < 4.78 is 1.65. The van der Waals surface area contributed by atoms with E-state index in [4.69, 9.17) is 0 Å². The predicted molar refractivity (Wildman–Crippen MR) is 84.6 cm³/mol. The Morgan fingerprint density at radius 1 is 1.04 bits per heavy atom. The first kappa shape index (κ1) is 14.8. The Bertz CT molecular complexity index is 669. The molecule has 124 valence electrons. The number of ketones is 1. The van der Waals surface area contributed by atoms with Crippen molar-refractivity contribution < 1.29 is 20.1 Å². The molecule has 0 amide bonds. The highest BCUT2D eigenvalue weighted by Gasteiger charge is 2.44. The molecule has 0 aromatic carbocycles. The van der Waals surface area contributed by atoms with E-state index in [2.05, 4.69) is 0 Å². The van der Waals surface area contributed by atoms with Crippen LogP contribution in [-0.4, -0.2) is 31.8 Å². The summed E-state index contributed by atoms with van der Waals surface area (Å²) in [5.74, 6) is -0.532. The van der Waals surface area contributed by atoms with Gasteiger partial charge in [-0.15, -0.1) is 0 Å². The number of fused-ring (bicyclic) bond motifs is 3. The lowest BCUT2D eigenvalue weighted by Gasteiger charge is -2.35. The Balaban J connectivity index is 1.82. The van der Waals surface area contributed by atoms with Gasteiger partial charge in [0.2, 0.25) is 0 Å². The SMILES string of the molecule is O=C1C=C[C@@H](O)[C@@H]2c3c(c(O)n(C4CCCCC4)c3O)CC[C@@H]12. The molecule has 0 saturated heterocycles. The molecule has 1 saturated carbocycles. The van der Waals surface area contributed by atoms with Crippen molar-refractivity contribution in [2.24, 2.45) is 5.92 Å². The third kappa shape index (κ3) is 2.13. The van der Waals surface area contributed by atoms with Crippen molar-refractivity contribution in [1.29, 1.82) is 0 Å². The average molecular weight is 317 g/mol. The molecule has 23 heavy (non-hydrogen) atoms. The molecule has 3 aliphatic rings. The van der Waals surface area contributed by atoms with Crippen LogP contribution in [-0.2, 0) is 11.2 Å². The average Bonchev–Trinajstić information content (AvgIpc) is 2.83. The van der Waals surface area contributed by atoms with Gasteiger partial charge in [0, 0.05) is 29.0 Å². The second-order valence-electron chi connectivity index (χ2n) is 7.12. The Labute approximate surface area is 135 Å². The summed E-state index contributed by atoms with van der Waals surface area (Å²) in [7, 11) is 0. The molecule has 5 nitrogen and oxygen atoms in total. The van der Waals surface area contributed by atoms with Crippen LogP contribution in [0.15, 0.2) is 12.2 Å². The highest BCUT2D eigenvalue weighted by molar-refractivity contribution is 5.94. The Hall–Kier alpha value is -1.75. The molecule has 3 N–H and O–H groups in total. The monoisotopic (exact) mass is 317 g/mol.